The molecule has 0 bridgehead atoms. The van der Waals surface area contributed by atoms with Crippen molar-refractivity contribution in [2.75, 3.05) is 18.8 Å². The molecule has 4 nitrogen and oxygen atoms in total. The molecule has 9 heteroatoms. The molecule has 1 aliphatic heterocycles. The number of rotatable bonds is 6. The molecule has 2 amide bonds. The molecule has 1 aromatic carbocycles. The standard InChI is InChI=1S/C16H18F4N2O2S/c17-11-3-5-12(6-4-11)25-9-7-14(23)22-8-1-2-13(22)15(24)21-10-16(18,19)20/h3-6,13H,1-2,7-10H2,(H,21,24). The maximum Gasteiger partial charge on any atom is 0.405 e. The van der Waals surface area contributed by atoms with E-state index in [0.29, 0.717) is 25.1 Å². The van der Waals surface area contributed by atoms with Crippen LogP contribution in [-0.4, -0.2) is 47.8 Å². The van der Waals surface area contributed by atoms with Crippen molar-refractivity contribution >= 4 is 23.6 Å². The van der Waals surface area contributed by atoms with Crippen molar-refractivity contribution < 1.29 is 27.2 Å². The molecule has 1 aliphatic rings. The van der Waals surface area contributed by atoms with Crippen LogP contribution >= 0.6 is 11.8 Å². The van der Waals surface area contributed by atoms with Crippen LogP contribution in [0.1, 0.15) is 19.3 Å². The number of amides is 2. The second-order valence-corrected chi connectivity index (χ2v) is 6.80. The number of hydrogen-bond donors (Lipinski definition) is 1. The minimum atomic E-state index is -4.48. The topological polar surface area (TPSA) is 49.4 Å². The predicted molar refractivity (Wildman–Crippen MR) is 85.5 cm³/mol. The third-order valence-electron chi connectivity index (χ3n) is 3.74. The molecule has 1 heterocycles. The van der Waals surface area contributed by atoms with Crippen molar-refractivity contribution in [3.63, 3.8) is 0 Å². The molecule has 0 spiro atoms. The average molecular weight is 378 g/mol. The summed E-state index contributed by atoms with van der Waals surface area (Å²) in [5.41, 5.74) is 0. The number of nitrogens with one attached hydrogen (secondary N) is 1. The van der Waals surface area contributed by atoms with Crippen LogP contribution in [0.5, 0.6) is 0 Å². The molecule has 0 saturated carbocycles. The van der Waals surface area contributed by atoms with Crippen molar-refractivity contribution in [2.45, 2.75) is 36.4 Å². The lowest BCUT2D eigenvalue weighted by Gasteiger charge is -2.24. The van der Waals surface area contributed by atoms with E-state index in [1.807, 2.05) is 5.32 Å². The zero-order chi connectivity index (χ0) is 18.4. The van der Waals surface area contributed by atoms with E-state index in [1.54, 1.807) is 12.1 Å². The number of carbonyl (C=O) groups is 2. The molecule has 1 N–H and O–H groups in total. The van der Waals surface area contributed by atoms with E-state index >= 15 is 0 Å². The van der Waals surface area contributed by atoms with Crippen LogP contribution < -0.4 is 5.32 Å². The normalized spacial score (nSPS) is 17.6. The first kappa shape index (κ1) is 19.6. The van der Waals surface area contributed by atoms with E-state index < -0.39 is 24.7 Å². The summed E-state index contributed by atoms with van der Waals surface area (Å²) in [7, 11) is 0. The second-order valence-electron chi connectivity index (χ2n) is 5.63. The minimum Gasteiger partial charge on any atom is -0.345 e. The van der Waals surface area contributed by atoms with Gasteiger partial charge in [-0.2, -0.15) is 13.2 Å². The van der Waals surface area contributed by atoms with Crippen molar-refractivity contribution in [3.8, 4) is 0 Å². The van der Waals surface area contributed by atoms with Crippen LogP contribution in [0.25, 0.3) is 0 Å². The maximum atomic E-state index is 12.8. The van der Waals surface area contributed by atoms with Crippen LogP contribution in [0, 0.1) is 5.82 Å². The van der Waals surface area contributed by atoms with Crippen molar-refractivity contribution in [3.05, 3.63) is 30.1 Å². The SMILES string of the molecule is O=C(NCC(F)(F)F)C1CCCN1C(=O)CCSc1ccc(F)cc1. The summed E-state index contributed by atoms with van der Waals surface area (Å²) in [6.45, 7) is -1.03. The van der Waals surface area contributed by atoms with Gasteiger partial charge in [-0.05, 0) is 37.1 Å². The Morgan fingerprint density at radius 3 is 2.56 bits per heavy atom. The number of halogens is 4. The summed E-state index contributed by atoms with van der Waals surface area (Å²) in [6.07, 6.45) is -3.37. The van der Waals surface area contributed by atoms with Crippen LogP contribution in [0.15, 0.2) is 29.2 Å². The molecule has 1 atom stereocenters. The molecule has 138 valence electrons. The van der Waals surface area contributed by atoms with Gasteiger partial charge in [-0.1, -0.05) is 0 Å². The van der Waals surface area contributed by atoms with Gasteiger partial charge in [0.15, 0.2) is 0 Å². The monoisotopic (exact) mass is 378 g/mol. The Morgan fingerprint density at radius 1 is 1.24 bits per heavy atom. The number of hydrogen-bond acceptors (Lipinski definition) is 3. The highest BCUT2D eigenvalue weighted by molar-refractivity contribution is 7.99. The summed E-state index contributed by atoms with van der Waals surface area (Å²) in [4.78, 5) is 26.3. The van der Waals surface area contributed by atoms with Gasteiger partial charge < -0.3 is 10.2 Å². The van der Waals surface area contributed by atoms with Gasteiger partial charge >= 0.3 is 6.18 Å². The van der Waals surface area contributed by atoms with Gasteiger partial charge in [-0.15, -0.1) is 11.8 Å². The highest BCUT2D eigenvalue weighted by Gasteiger charge is 2.36. The van der Waals surface area contributed by atoms with Gasteiger partial charge in [0.1, 0.15) is 18.4 Å². The Balaban J connectivity index is 1.81. The highest BCUT2D eigenvalue weighted by Crippen LogP contribution is 2.22. The van der Waals surface area contributed by atoms with E-state index in [2.05, 4.69) is 0 Å². The lowest BCUT2D eigenvalue weighted by molar-refractivity contribution is -0.144. The predicted octanol–water partition coefficient (Wildman–Crippen LogP) is 2.98. The highest BCUT2D eigenvalue weighted by atomic mass is 32.2. The Labute approximate surface area is 146 Å². The molecule has 1 aromatic rings. The first-order valence-corrected chi connectivity index (χ1v) is 8.77. The molecule has 1 saturated heterocycles. The summed E-state index contributed by atoms with van der Waals surface area (Å²) < 4.78 is 49.4. The third-order valence-corrected chi connectivity index (χ3v) is 4.75. The summed E-state index contributed by atoms with van der Waals surface area (Å²) in [6, 6.07) is 5.02. The summed E-state index contributed by atoms with van der Waals surface area (Å²) in [5.74, 6) is -0.934. The van der Waals surface area contributed by atoms with Gasteiger partial charge in [-0.3, -0.25) is 9.59 Å². The largest absolute Gasteiger partial charge is 0.405 e. The number of likely N-dealkylation sites (tertiary alicyclic amines) is 1. The van der Waals surface area contributed by atoms with Crippen LogP contribution in [0.3, 0.4) is 0 Å². The van der Waals surface area contributed by atoms with E-state index in [4.69, 9.17) is 0 Å². The lowest BCUT2D eigenvalue weighted by Crippen LogP contribution is -2.48. The quantitative estimate of drug-likeness (QED) is 0.612. The molecule has 0 aromatic heterocycles. The molecule has 2 rings (SSSR count). The van der Waals surface area contributed by atoms with Crippen LogP contribution in [-0.2, 0) is 9.59 Å². The molecular formula is C16H18F4N2O2S. The van der Waals surface area contributed by atoms with E-state index in [0.717, 1.165) is 4.90 Å². The van der Waals surface area contributed by atoms with E-state index in [1.165, 1.54) is 28.8 Å². The Hall–Kier alpha value is -1.77. The number of alkyl halides is 3. The summed E-state index contributed by atoms with van der Waals surface area (Å²) in [5, 5.41) is 1.84. The third kappa shape index (κ3) is 6.22. The van der Waals surface area contributed by atoms with Gasteiger partial charge in [0.25, 0.3) is 0 Å². The van der Waals surface area contributed by atoms with Crippen molar-refractivity contribution in [2.24, 2.45) is 0 Å². The second kappa shape index (κ2) is 8.55. The first-order valence-electron chi connectivity index (χ1n) is 7.78. The Bertz CT molecular complexity index is 607. The Kier molecular flexibility index (Phi) is 6.69. The van der Waals surface area contributed by atoms with Crippen molar-refractivity contribution in [1.29, 1.82) is 0 Å². The van der Waals surface area contributed by atoms with Gasteiger partial charge in [0, 0.05) is 23.6 Å². The van der Waals surface area contributed by atoms with E-state index in [-0.39, 0.29) is 18.1 Å². The molecule has 0 aliphatic carbocycles. The molecule has 1 unspecified atom stereocenters. The zero-order valence-corrected chi connectivity index (χ0v) is 14.1. The number of thioether (sulfide) groups is 1. The lowest BCUT2D eigenvalue weighted by atomic mass is 10.2. The fourth-order valence-corrected chi connectivity index (χ4v) is 3.41. The average Bonchev–Trinajstić information content (AvgIpc) is 3.03. The minimum absolute atomic E-state index is 0.158. The maximum absolute atomic E-state index is 12.8. The zero-order valence-electron chi connectivity index (χ0n) is 13.3. The molecule has 1 fully saturated rings. The van der Waals surface area contributed by atoms with Crippen LogP contribution in [0.2, 0.25) is 0 Å². The number of nitrogens with zero attached hydrogens (tertiary/aromatic N) is 1. The van der Waals surface area contributed by atoms with Gasteiger partial charge in [-0.25, -0.2) is 4.39 Å². The number of benzene rings is 1. The Morgan fingerprint density at radius 2 is 1.92 bits per heavy atom. The van der Waals surface area contributed by atoms with Crippen molar-refractivity contribution in [1.82, 2.24) is 10.2 Å². The fraction of sp³-hybridized carbons (Fsp3) is 0.500. The smallest absolute Gasteiger partial charge is 0.345 e. The molecular weight excluding hydrogens is 360 g/mol. The summed E-state index contributed by atoms with van der Waals surface area (Å²) >= 11 is 1.38. The first-order chi connectivity index (χ1) is 11.8. The van der Waals surface area contributed by atoms with E-state index in [9.17, 15) is 27.2 Å². The van der Waals surface area contributed by atoms with Crippen LogP contribution in [0.4, 0.5) is 17.6 Å². The molecule has 0 radical (unpaired) electrons. The number of carbonyl (C=O) groups excluding carboxylic acids is 2. The fourth-order valence-electron chi connectivity index (χ4n) is 2.57. The van der Waals surface area contributed by atoms with Gasteiger partial charge in [0.05, 0.1) is 0 Å². The molecule has 25 heavy (non-hydrogen) atoms. The van der Waals surface area contributed by atoms with Gasteiger partial charge in [0.2, 0.25) is 11.8 Å².